The second-order valence-corrected chi connectivity index (χ2v) is 10.0. The minimum atomic E-state index is -3.27. The maximum Gasteiger partial charge on any atom is 0.343 e. The van der Waals surface area contributed by atoms with Crippen molar-refractivity contribution in [2.45, 2.75) is 64.5 Å². The Bertz CT molecular complexity index is 1260. The van der Waals surface area contributed by atoms with Crippen LogP contribution in [-0.4, -0.2) is 37.5 Å². The Morgan fingerprint density at radius 3 is 2.61 bits per heavy atom. The molecule has 1 saturated carbocycles. The molecule has 2 aliphatic rings. The summed E-state index contributed by atoms with van der Waals surface area (Å²) in [6.07, 6.45) is 2.09. The van der Waals surface area contributed by atoms with E-state index >= 15 is 8.78 Å². The third-order valence-corrected chi connectivity index (χ3v) is 6.72. The van der Waals surface area contributed by atoms with Crippen molar-refractivity contribution in [3.8, 4) is 22.8 Å². The number of aromatic nitrogens is 1. The highest BCUT2D eigenvalue weighted by Crippen LogP contribution is 2.52. The third kappa shape index (κ3) is 5.34. The van der Waals surface area contributed by atoms with Gasteiger partial charge in [-0.2, -0.15) is 0 Å². The number of carbonyl (C=O) groups excluding carboxylic acids is 1. The fraction of sp³-hybridized carbons (Fsp3) is 0.517. The first-order valence-corrected chi connectivity index (χ1v) is 13.1. The number of ether oxygens (including phenoxy) is 4. The van der Waals surface area contributed by atoms with E-state index in [4.69, 9.17) is 18.9 Å². The molecule has 1 fully saturated rings. The van der Waals surface area contributed by atoms with Crippen molar-refractivity contribution in [3.63, 3.8) is 0 Å². The minimum Gasteiger partial charge on any atom is -0.493 e. The summed E-state index contributed by atoms with van der Waals surface area (Å²) in [5.74, 6) is -3.65. The van der Waals surface area contributed by atoms with Gasteiger partial charge in [0, 0.05) is 49.8 Å². The van der Waals surface area contributed by atoms with E-state index in [1.165, 1.54) is 24.3 Å². The molecule has 2 heterocycles. The molecule has 0 bridgehead atoms. The Labute approximate surface area is 221 Å². The van der Waals surface area contributed by atoms with Gasteiger partial charge in [-0.05, 0) is 37.8 Å². The van der Waals surface area contributed by atoms with E-state index in [0.29, 0.717) is 35.6 Å². The zero-order valence-corrected chi connectivity index (χ0v) is 22.4. The number of methoxy groups -OCH3 is 1. The van der Waals surface area contributed by atoms with E-state index in [0.717, 1.165) is 12.8 Å². The number of hydrogen-bond acceptors (Lipinski definition) is 6. The van der Waals surface area contributed by atoms with Crippen LogP contribution in [0.3, 0.4) is 0 Å². The van der Waals surface area contributed by atoms with Crippen molar-refractivity contribution in [2.24, 2.45) is 5.92 Å². The first kappa shape index (κ1) is 27.8. The number of halogens is 2. The summed E-state index contributed by atoms with van der Waals surface area (Å²) >= 11 is 0. The highest BCUT2D eigenvalue weighted by molar-refractivity contribution is 5.90. The van der Waals surface area contributed by atoms with Crippen molar-refractivity contribution in [3.05, 3.63) is 57.9 Å². The molecular formula is C29H35F2NO6. The highest BCUT2D eigenvalue weighted by Gasteiger charge is 2.41. The predicted molar refractivity (Wildman–Crippen MR) is 139 cm³/mol. The molecule has 9 heteroatoms. The molecule has 0 N–H and O–H groups in total. The van der Waals surface area contributed by atoms with Gasteiger partial charge in [-0.15, -0.1) is 6.58 Å². The number of esters is 1. The van der Waals surface area contributed by atoms with Crippen LogP contribution in [-0.2, 0) is 15.4 Å². The minimum absolute atomic E-state index is 0.0149. The Kier molecular flexibility index (Phi) is 8.25. The van der Waals surface area contributed by atoms with Crippen LogP contribution in [0.25, 0.3) is 11.3 Å². The normalized spacial score (nSPS) is 16.4. The van der Waals surface area contributed by atoms with Crippen LogP contribution in [0.2, 0.25) is 0 Å². The molecule has 1 atom stereocenters. The van der Waals surface area contributed by atoms with E-state index in [9.17, 15) is 9.59 Å². The molecule has 0 spiro atoms. The van der Waals surface area contributed by atoms with Crippen molar-refractivity contribution in [2.75, 3.05) is 26.9 Å². The predicted octanol–water partition coefficient (Wildman–Crippen LogP) is 6.20. The zero-order chi connectivity index (χ0) is 27.6. The summed E-state index contributed by atoms with van der Waals surface area (Å²) in [6, 6.07) is 4.24. The topological polar surface area (TPSA) is 76.0 Å². The molecule has 38 heavy (non-hydrogen) atoms. The van der Waals surface area contributed by atoms with Crippen molar-refractivity contribution in [1.29, 1.82) is 0 Å². The quantitative estimate of drug-likeness (QED) is 0.184. The number of rotatable bonds is 12. The smallest absolute Gasteiger partial charge is 0.343 e. The van der Waals surface area contributed by atoms with E-state index in [1.807, 2.05) is 13.8 Å². The lowest BCUT2D eigenvalue weighted by molar-refractivity contribution is -0.00380. The Balaban J connectivity index is 1.97. The van der Waals surface area contributed by atoms with E-state index in [-0.39, 0.29) is 42.0 Å². The summed E-state index contributed by atoms with van der Waals surface area (Å²) in [7, 11) is 1.56. The lowest BCUT2D eigenvalue weighted by atomic mass is 9.88. The summed E-state index contributed by atoms with van der Waals surface area (Å²) < 4.78 is 54.8. The maximum absolute atomic E-state index is 15.4. The number of benzene rings is 1. The highest BCUT2D eigenvalue weighted by atomic mass is 19.3. The second-order valence-electron chi connectivity index (χ2n) is 10.0. The van der Waals surface area contributed by atoms with Crippen molar-refractivity contribution in [1.82, 2.24) is 4.57 Å². The largest absolute Gasteiger partial charge is 0.493 e. The van der Waals surface area contributed by atoms with Crippen molar-refractivity contribution < 1.29 is 32.5 Å². The monoisotopic (exact) mass is 531 g/mol. The van der Waals surface area contributed by atoms with Crippen LogP contribution in [0.15, 0.2) is 35.6 Å². The average molecular weight is 532 g/mol. The molecule has 1 unspecified atom stereocenters. The first-order chi connectivity index (χ1) is 18.1. The fourth-order valence-corrected chi connectivity index (χ4v) is 4.82. The van der Waals surface area contributed by atoms with E-state index in [2.05, 4.69) is 6.58 Å². The lowest BCUT2D eigenvalue weighted by Gasteiger charge is -2.34. The summed E-state index contributed by atoms with van der Waals surface area (Å²) in [4.78, 5) is 26.3. The zero-order valence-electron chi connectivity index (χ0n) is 22.4. The van der Waals surface area contributed by atoms with Gasteiger partial charge in [-0.1, -0.05) is 19.9 Å². The van der Waals surface area contributed by atoms with Crippen LogP contribution < -0.4 is 15.0 Å². The number of pyridine rings is 1. The summed E-state index contributed by atoms with van der Waals surface area (Å²) in [6.45, 7) is 9.83. The van der Waals surface area contributed by atoms with Crippen molar-refractivity contribution >= 4 is 5.97 Å². The van der Waals surface area contributed by atoms with Gasteiger partial charge in [-0.3, -0.25) is 4.79 Å². The number of fused-ring (bicyclic) bond motifs is 3. The van der Waals surface area contributed by atoms with Gasteiger partial charge in [0.1, 0.15) is 23.2 Å². The number of carbonyl (C=O) groups is 1. The van der Waals surface area contributed by atoms with Crippen LogP contribution in [0.5, 0.6) is 11.5 Å². The van der Waals surface area contributed by atoms with Gasteiger partial charge in [0.15, 0.2) is 0 Å². The van der Waals surface area contributed by atoms with Gasteiger partial charge < -0.3 is 23.5 Å². The maximum atomic E-state index is 15.4. The Morgan fingerprint density at radius 1 is 1.26 bits per heavy atom. The molecule has 1 aliphatic carbocycles. The molecule has 7 nitrogen and oxygen atoms in total. The van der Waals surface area contributed by atoms with Gasteiger partial charge in [0.2, 0.25) is 0 Å². The number of allylic oxidation sites excluding steroid dienone is 1. The van der Waals surface area contributed by atoms with Crippen LogP contribution in [0, 0.1) is 5.92 Å². The van der Waals surface area contributed by atoms with E-state index in [1.54, 1.807) is 18.6 Å². The van der Waals surface area contributed by atoms with Gasteiger partial charge >= 0.3 is 5.97 Å². The lowest BCUT2D eigenvalue weighted by Crippen LogP contribution is -2.33. The Morgan fingerprint density at radius 2 is 2.00 bits per heavy atom. The van der Waals surface area contributed by atoms with Gasteiger partial charge in [0.25, 0.3) is 11.5 Å². The number of alkyl halides is 2. The summed E-state index contributed by atoms with van der Waals surface area (Å²) in [5, 5.41) is 0. The molecular weight excluding hydrogens is 496 g/mol. The van der Waals surface area contributed by atoms with E-state index < -0.39 is 30.0 Å². The van der Waals surface area contributed by atoms with Crippen LogP contribution in [0.4, 0.5) is 8.78 Å². The average Bonchev–Trinajstić information content (AvgIpc) is 3.70. The van der Waals surface area contributed by atoms with Crippen LogP contribution in [0.1, 0.15) is 80.1 Å². The molecule has 0 amide bonds. The molecule has 0 saturated heterocycles. The molecule has 1 aromatic heterocycles. The molecule has 1 aliphatic heterocycles. The molecule has 206 valence electrons. The van der Waals surface area contributed by atoms with Gasteiger partial charge in [-0.25, -0.2) is 13.6 Å². The van der Waals surface area contributed by atoms with Crippen LogP contribution >= 0.6 is 0 Å². The Hall–Kier alpha value is -3.20. The summed E-state index contributed by atoms with van der Waals surface area (Å²) in [5.41, 5.74) is 0.611. The number of nitrogens with zero attached hydrogens (tertiary/aromatic N) is 1. The molecule has 2 aromatic rings. The fourth-order valence-electron chi connectivity index (χ4n) is 4.82. The van der Waals surface area contributed by atoms with Gasteiger partial charge in [0.05, 0.1) is 24.5 Å². The number of hydrogen-bond donors (Lipinski definition) is 0. The first-order valence-electron chi connectivity index (χ1n) is 13.1. The third-order valence-electron chi connectivity index (χ3n) is 6.72. The SMILES string of the molecule is C=CCC(F)(F)c1cc2c(cc1OCCCOC)OC(C(C)C)c1cc(C(=O)OCC)c(=O)n(C3CC3)c1-2. The molecule has 0 radical (unpaired) electrons. The second kappa shape index (κ2) is 11.3. The standard InChI is InChI=1S/C29H35F2NO6/c1-6-11-29(30,31)22-15-19-23(16-24(22)37-13-8-12-35-5)38-26(17(3)4)20-14-21(28(34)36-7-2)27(33)32(25(19)20)18-9-10-18/h6,14-18,26H,1,7-13H2,2-5H3. The molecule has 1 aromatic carbocycles. The molecule has 4 rings (SSSR count).